The van der Waals surface area contributed by atoms with E-state index in [0.717, 1.165) is 11.6 Å². The standard InChI is InChI=1S/C13H11F3N2/c1-7-2-3-11(17)13(4-7)18-12-6-9(15)8(14)5-10(12)16/h2-6,18H,17H2,1H3. The number of nitrogen functional groups attached to an aromatic ring is 1. The Balaban J connectivity index is 2.40. The third-order valence-corrected chi connectivity index (χ3v) is 2.49. The smallest absolute Gasteiger partial charge is 0.161 e. The number of nitrogens with one attached hydrogen (secondary N) is 1. The van der Waals surface area contributed by atoms with Gasteiger partial charge in [-0.1, -0.05) is 6.07 Å². The van der Waals surface area contributed by atoms with Crippen LogP contribution in [0.5, 0.6) is 0 Å². The Kier molecular flexibility index (Phi) is 3.14. The average Bonchev–Trinajstić information content (AvgIpc) is 2.30. The summed E-state index contributed by atoms with van der Waals surface area (Å²) in [7, 11) is 0. The minimum Gasteiger partial charge on any atom is -0.397 e. The molecule has 2 rings (SSSR count). The van der Waals surface area contributed by atoms with Crippen LogP contribution in [-0.4, -0.2) is 0 Å². The second-order valence-electron chi connectivity index (χ2n) is 3.96. The topological polar surface area (TPSA) is 38.0 Å². The number of rotatable bonds is 2. The third-order valence-electron chi connectivity index (χ3n) is 2.49. The van der Waals surface area contributed by atoms with Crippen molar-refractivity contribution in [2.24, 2.45) is 0 Å². The molecule has 0 saturated carbocycles. The SMILES string of the molecule is Cc1ccc(N)c(Nc2cc(F)c(F)cc2F)c1. The van der Waals surface area contributed by atoms with Crippen LogP contribution >= 0.6 is 0 Å². The highest BCUT2D eigenvalue weighted by Crippen LogP contribution is 2.27. The van der Waals surface area contributed by atoms with E-state index in [2.05, 4.69) is 5.32 Å². The van der Waals surface area contributed by atoms with E-state index in [1.807, 2.05) is 6.92 Å². The molecule has 3 N–H and O–H groups in total. The quantitative estimate of drug-likeness (QED) is 0.631. The lowest BCUT2D eigenvalue weighted by atomic mass is 10.2. The molecular formula is C13H11F3N2. The van der Waals surface area contributed by atoms with Crippen molar-refractivity contribution in [2.45, 2.75) is 6.92 Å². The molecule has 0 amide bonds. The summed E-state index contributed by atoms with van der Waals surface area (Å²) in [5.41, 5.74) is 7.29. The summed E-state index contributed by atoms with van der Waals surface area (Å²) in [6.07, 6.45) is 0. The van der Waals surface area contributed by atoms with E-state index in [9.17, 15) is 13.2 Å². The van der Waals surface area contributed by atoms with Crippen LogP contribution in [0, 0.1) is 24.4 Å². The first-order chi connectivity index (χ1) is 8.47. The van der Waals surface area contributed by atoms with Gasteiger partial charge in [-0.25, -0.2) is 13.2 Å². The number of nitrogens with two attached hydrogens (primary N) is 1. The van der Waals surface area contributed by atoms with E-state index < -0.39 is 17.5 Å². The van der Waals surface area contributed by atoms with Gasteiger partial charge in [-0.15, -0.1) is 0 Å². The molecule has 0 aliphatic rings. The van der Waals surface area contributed by atoms with Gasteiger partial charge >= 0.3 is 0 Å². The minimum absolute atomic E-state index is 0.161. The van der Waals surface area contributed by atoms with Crippen molar-refractivity contribution in [3.63, 3.8) is 0 Å². The van der Waals surface area contributed by atoms with Crippen molar-refractivity contribution in [3.05, 3.63) is 53.3 Å². The molecule has 2 aromatic rings. The van der Waals surface area contributed by atoms with E-state index in [-0.39, 0.29) is 5.69 Å². The molecule has 0 saturated heterocycles. The van der Waals surface area contributed by atoms with Crippen LogP contribution in [0.1, 0.15) is 5.56 Å². The molecule has 2 aromatic carbocycles. The van der Waals surface area contributed by atoms with Crippen LogP contribution in [0.3, 0.4) is 0 Å². The maximum absolute atomic E-state index is 13.4. The van der Waals surface area contributed by atoms with Gasteiger partial charge in [-0.3, -0.25) is 0 Å². The van der Waals surface area contributed by atoms with Gasteiger partial charge in [0.25, 0.3) is 0 Å². The maximum atomic E-state index is 13.4. The Bertz CT molecular complexity index is 597. The molecule has 0 aliphatic carbocycles. The summed E-state index contributed by atoms with van der Waals surface area (Å²) >= 11 is 0. The highest BCUT2D eigenvalue weighted by Gasteiger charge is 2.10. The molecule has 0 aliphatic heterocycles. The Morgan fingerprint density at radius 1 is 0.889 bits per heavy atom. The third kappa shape index (κ3) is 2.40. The Labute approximate surface area is 102 Å². The monoisotopic (exact) mass is 252 g/mol. The van der Waals surface area contributed by atoms with E-state index >= 15 is 0 Å². The van der Waals surface area contributed by atoms with Gasteiger partial charge in [-0.2, -0.15) is 0 Å². The van der Waals surface area contributed by atoms with Crippen LogP contribution in [-0.2, 0) is 0 Å². The van der Waals surface area contributed by atoms with Gasteiger partial charge in [0.05, 0.1) is 17.1 Å². The number of hydrogen-bond acceptors (Lipinski definition) is 2. The first-order valence-corrected chi connectivity index (χ1v) is 5.25. The van der Waals surface area contributed by atoms with Gasteiger partial charge in [0.15, 0.2) is 11.6 Å². The van der Waals surface area contributed by atoms with Crippen molar-refractivity contribution in [3.8, 4) is 0 Å². The second-order valence-corrected chi connectivity index (χ2v) is 3.96. The van der Waals surface area contributed by atoms with Crippen molar-refractivity contribution in [2.75, 3.05) is 11.1 Å². The minimum atomic E-state index is -1.23. The van der Waals surface area contributed by atoms with E-state index in [1.165, 1.54) is 0 Å². The molecule has 0 spiro atoms. The highest BCUT2D eigenvalue weighted by molar-refractivity contribution is 5.73. The van der Waals surface area contributed by atoms with Crippen LogP contribution < -0.4 is 11.1 Å². The first kappa shape index (κ1) is 12.3. The summed E-state index contributed by atoms with van der Waals surface area (Å²) < 4.78 is 39.2. The van der Waals surface area contributed by atoms with Crippen LogP contribution in [0.2, 0.25) is 0 Å². The molecule has 94 valence electrons. The molecule has 0 atom stereocenters. The average molecular weight is 252 g/mol. The lowest BCUT2D eigenvalue weighted by molar-refractivity contribution is 0.496. The van der Waals surface area contributed by atoms with E-state index in [1.54, 1.807) is 18.2 Å². The predicted molar refractivity (Wildman–Crippen MR) is 65.2 cm³/mol. The lowest BCUT2D eigenvalue weighted by Gasteiger charge is -2.11. The fourth-order valence-electron chi connectivity index (χ4n) is 1.54. The van der Waals surface area contributed by atoms with Gasteiger partial charge in [0.2, 0.25) is 0 Å². The number of anilines is 3. The van der Waals surface area contributed by atoms with Crippen molar-refractivity contribution < 1.29 is 13.2 Å². The van der Waals surface area contributed by atoms with Crippen molar-refractivity contribution >= 4 is 17.1 Å². The summed E-state index contributed by atoms with van der Waals surface area (Å²) in [5.74, 6) is -3.23. The van der Waals surface area contributed by atoms with Crippen molar-refractivity contribution in [1.29, 1.82) is 0 Å². The summed E-state index contributed by atoms with van der Waals surface area (Å²) in [5, 5.41) is 2.64. The lowest BCUT2D eigenvalue weighted by Crippen LogP contribution is -2.00. The predicted octanol–water partition coefficient (Wildman–Crippen LogP) is 3.74. The molecular weight excluding hydrogens is 241 g/mol. The Morgan fingerprint density at radius 2 is 1.56 bits per heavy atom. The fraction of sp³-hybridized carbons (Fsp3) is 0.0769. The number of halogens is 3. The molecule has 0 heterocycles. The van der Waals surface area contributed by atoms with Crippen LogP contribution in [0.4, 0.5) is 30.2 Å². The van der Waals surface area contributed by atoms with Gasteiger partial charge < -0.3 is 11.1 Å². The summed E-state index contributed by atoms with van der Waals surface area (Å²) in [4.78, 5) is 0. The summed E-state index contributed by atoms with van der Waals surface area (Å²) in [6, 6.07) is 6.38. The maximum Gasteiger partial charge on any atom is 0.161 e. The molecule has 2 nitrogen and oxygen atoms in total. The molecule has 5 heteroatoms. The highest BCUT2D eigenvalue weighted by atomic mass is 19.2. The van der Waals surface area contributed by atoms with E-state index in [0.29, 0.717) is 17.4 Å². The molecule has 0 radical (unpaired) electrons. The zero-order valence-corrected chi connectivity index (χ0v) is 9.60. The number of hydrogen-bond donors (Lipinski definition) is 2. The molecule has 0 fully saturated rings. The Hall–Kier alpha value is -2.17. The molecule has 18 heavy (non-hydrogen) atoms. The zero-order valence-electron chi connectivity index (χ0n) is 9.60. The van der Waals surface area contributed by atoms with Crippen LogP contribution in [0.15, 0.2) is 30.3 Å². The zero-order chi connectivity index (χ0) is 13.3. The first-order valence-electron chi connectivity index (χ1n) is 5.25. The number of benzene rings is 2. The van der Waals surface area contributed by atoms with Gasteiger partial charge in [-0.05, 0) is 24.6 Å². The largest absolute Gasteiger partial charge is 0.397 e. The normalized spacial score (nSPS) is 10.4. The molecule has 0 bridgehead atoms. The summed E-state index contributed by atoms with van der Waals surface area (Å²) in [6.45, 7) is 1.84. The van der Waals surface area contributed by atoms with Crippen LogP contribution in [0.25, 0.3) is 0 Å². The number of aryl methyl sites for hydroxylation is 1. The van der Waals surface area contributed by atoms with Gasteiger partial charge in [0.1, 0.15) is 5.82 Å². The van der Waals surface area contributed by atoms with Crippen molar-refractivity contribution in [1.82, 2.24) is 0 Å². The molecule has 0 unspecified atom stereocenters. The fourth-order valence-corrected chi connectivity index (χ4v) is 1.54. The van der Waals surface area contributed by atoms with Gasteiger partial charge in [0, 0.05) is 12.1 Å². The van der Waals surface area contributed by atoms with E-state index in [4.69, 9.17) is 5.73 Å². The Morgan fingerprint density at radius 3 is 2.28 bits per heavy atom. The second kappa shape index (κ2) is 4.60. The molecule has 0 aromatic heterocycles.